The van der Waals surface area contributed by atoms with Crippen LogP contribution in [0.15, 0.2) is 60.7 Å². The van der Waals surface area contributed by atoms with E-state index in [0.29, 0.717) is 12.2 Å². The third-order valence-corrected chi connectivity index (χ3v) is 4.42. The quantitative estimate of drug-likeness (QED) is 0.740. The summed E-state index contributed by atoms with van der Waals surface area (Å²) in [4.78, 5) is 13.9. The third-order valence-electron chi connectivity index (χ3n) is 4.42. The lowest BCUT2D eigenvalue weighted by Crippen LogP contribution is -2.37. The van der Waals surface area contributed by atoms with Crippen LogP contribution >= 0.6 is 0 Å². The van der Waals surface area contributed by atoms with Gasteiger partial charge in [-0.3, -0.25) is 4.79 Å². The summed E-state index contributed by atoms with van der Waals surface area (Å²) in [5.41, 5.74) is 2.07. The van der Waals surface area contributed by atoms with Crippen molar-refractivity contribution < 1.29 is 14.6 Å². The van der Waals surface area contributed by atoms with Gasteiger partial charge in [-0.25, -0.2) is 0 Å². The van der Waals surface area contributed by atoms with Gasteiger partial charge in [0.1, 0.15) is 11.5 Å². The lowest BCUT2D eigenvalue weighted by atomic mass is 9.97. The van der Waals surface area contributed by atoms with Gasteiger partial charge in [-0.15, -0.1) is 0 Å². The van der Waals surface area contributed by atoms with E-state index < -0.39 is 6.10 Å². The lowest BCUT2D eigenvalue weighted by Gasteiger charge is -2.22. The Labute approximate surface area is 153 Å². The zero-order valence-corrected chi connectivity index (χ0v) is 15.3. The molecule has 1 amide bonds. The number of likely N-dealkylation sites (N-methyl/N-ethyl adjacent to an activating group) is 1. The second-order valence-electron chi connectivity index (χ2n) is 6.45. The highest BCUT2D eigenvalue weighted by atomic mass is 16.5. The molecule has 0 saturated heterocycles. The normalized spacial score (nSPS) is 12.0. The molecule has 26 heavy (non-hydrogen) atoms. The molecule has 0 saturated carbocycles. The largest absolute Gasteiger partial charge is 0.508 e. The van der Waals surface area contributed by atoms with Crippen molar-refractivity contribution in [1.29, 1.82) is 0 Å². The Hall–Kier alpha value is -3.01. The predicted molar refractivity (Wildman–Crippen MR) is 104 cm³/mol. The first-order valence-corrected chi connectivity index (χ1v) is 8.70. The number of amides is 1. The number of ether oxygens (including phenoxy) is 1. The maximum Gasteiger partial charge on any atom is 0.263 e. The summed E-state index contributed by atoms with van der Waals surface area (Å²) in [5.74, 6) is 0.898. The van der Waals surface area contributed by atoms with Crippen molar-refractivity contribution in [3.8, 4) is 22.6 Å². The second kappa shape index (κ2) is 7.48. The molecular formula is C22H23NO3. The standard InChI is InChI=1S/C22H23NO3/c1-4-20(22(25)23(2)3)26-21-14-13-17(15-9-11-16(24)12-10-15)18-7-5-6-8-19(18)21/h5-14,20,24H,4H2,1-3H3. The van der Waals surface area contributed by atoms with Gasteiger partial charge in [0.25, 0.3) is 5.91 Å². The van der Waals surface area contributed by atoms with Crippen molar-refractivity contribution in [2.24, 2.45) is 0 Å². The Morgan fingerprint density at radius 2 is 1.65 bits per heavy atom. The molecular weight excluding hydrogens is 326 g/mol. The molecule has 3 rings (SSSR count). The summed E-state index contributed by atoms with van der Waals surface area (Å²) < 4.78 is 6.08. The number of rotatable bonds is 5. The Bertz CT molecular complexity index is 916. The summed E-state index contributed by atoms with van der Waals surface area (Å²) in [7, 11) is 3.47. The molecule has 3 aromatic carbocycles. The van der Waals surface area contributed by atoms with E-state index in [9.17, 15) is 9.90 Å². The van der Waals surface area contributed by atoms with Gasteiger partial charge in [-0.2, -0.15) is 0 Å². The Kier molecular flexibility index (Phi) is 5.12. The monoisotopic (exact) mass is 349 g/mol. The minimum absolute atomic E-state index is 0.0424. The average Bonchev–Trinajstić information content (AvgIpc) is 2.66. The molecule has 1 unspecified atom stereocenters. The first-order chi connectivity index (χ1) is 12.5. The predicted octanol–water partition coefficient (Wildman–Crippen LogP) is 4.46. The van der Waals surface area contributed by atoms with Crippen LogP contribution in [0.4, 0.5) is 0 Å². The van der Waals surface area contributed by atoms with Crippen molar-refractivity contribution in [2.75, 3.05) is 14.1 Å². The summed E-state index contributed by atoms with van der Waals surface area (Å²) in [6.07, 6.45) is 0.0957. The number of carbonyl (C=O) groups is 1. The number of fused-ring (bicyclic) bond motifs is 1. The molecule has 0 radical (unpaired) electrons. The van der Waals surface area contributed by atoms with E-state index in [2.05, 4.69) is 0 Å². The molecule has 0 aliphatic rings. The molecule has 0 fully saturated rings. The highest BCUT2D eigenvalue weighted by Crippen LogP contribution is 2.35. The zero-order valence-electron chi connectivity index (χ0n) is 15.3. The summed E-state index contributed by atoms with van der Waals surface area (Å²) >= 11 is 0. The van der Waals surface area contributed by atoms with Crippen molar-refractivity contribution >= 4 is 16.7 Å². The lowest BCUT2D eigenvalue weighted by molar-refractivity contribution is -0.136. The summed E-state index contributed by atoms with van der Waals surface area (Å²) in [5, 5.41) is 11.5. The van der Waals surface area contributed by atoms with Gasteiger partial charge in [0.2, 0.25) is 0 Å². The van der Waals surface area contributed by atoms with E-state index in [4.69, 9.17) is 4.74 Å². The fourth-order valence-corrected chi connectivity index (χ4v) is 3.02. The van der Waals surface area contributed by atoms with E-state index in [1.165, 1.54) is 0 Å². The van der Waals surface area contributed by atoms with Crippen LogP contribution < -0.4 is 4.74 Å². The van der Waals surface area contributed by atoms with Crippen molar-refractivity contribution in [3.05, 3.63) is 60.7 Å². The molecule has 0 bridgehead atoms. The second-order valence-corrected chi connectivity index (χ2v) is 6.45. The molecule has 0 aliphatic heterocycles. The van der Waals surface area contributed by atoms with Gasteiger partial charge >= 0.3 is 0 Å². The molecule has 3 aromatic rings. The van der Waals surface area contributed by atoms with Crippen LogP contribution in [0.5, 0.6) is 11.5 Å². The number of carbonyl (C=O) groups excluding carboxylic acids is 1. The van der Waals surface area contributed by atoms with E-state index in [0.717, 1.165) is 21.9 Å². The van der Waals surface area contributed by atoms with Crippen LogP contribution in [0.2, 0.25) is 0 Å². The Balaban J connectivity index is 2.05. The molecule has 4 heteroatoms. The van der Waals surface area contributed by atoms with E-state index >= 15 is 0 Å². The first-order valence-electron chi connectivity index (χ1n) is 8.70. The van der Waals surface area contributed by atoms with Gasteiger partial charge in [0.15, 0.2) is 6.10 Å². The van der Waals surface area contributed by atoms with Crippen LogP contribution in [-0.2, 0) is 4.79 Å². The number of hydrogen-bond acceptors (Lipinski definition) is 3. The zero-order chi connectivity index (χ0) is 18.7. The summed E-state index contributed by atoms with van der Waals surface area (Å²) in [6, 6.07) is 19.0. The van der Waals surface area contributed by atoms with Crippen LogP contribution in [0.3, 0.4) is 0 Å². The summed E-state index contributed by atoms with van der Waals surface area (Å²) in [6.45, 7) is 1.94. The van der Waals surface area contributed by atoms with Crippen LogP contribution in [0, 0.1) is 0 Å². The van der Waals surface area contributed by atoms with Gasteiger partial charge in [-0.05, 0) is 41.1 Å². The maximum atomic E-state index is 12.3. The van der Waals surface area contributed by atoms with Crippen LogP contribution in [0.25, 0.3) is 21.9 Å². The fraction of sp³-hybridized carbons (Fsp3) is 0.227. The number of phenolic OH excluding ortho intramolecular Hbond substituents is 1. The number of aromatic hydroxyl groups is 1. The number of phenols is 1. The smallest absolute Gasteiger partial charge is 0.263 e. The van der Waals surface area contributed by atoms with Crippen molar-refractivity contribution in [3.63, 3.8) is 0 Å². The molecule has 1 N–H and O–H groups in total. The average molecular weight is 349 g/mol. The molecule has 0 aromatic heterocycles. The number of hydrogen-bond donors (Lipinski definition) is 1. The third kappa shape index (κ3) is 3.49. The van der Waals surface area contributed by atoms with E-state index in [-0.39, 0.29) is 11.7 Å². The maximum absolute atomic E-state index is 12.3. The molecule has 0 aliphatic carbocycles. The first kappa shape index (κ1) is 17.8. The molecule has 0 spiro atoms. The van der Waals surface area contributed by atoms with Crippen LogP contribution in [0.1, 0.15) is 13.3 Å². The van der Waals surface area contributed by atoms with Crippen LogP contribution in [-0.4, -0.2) is 36.1 Å². The minimum Gasteiger partial charge on any atom is -0.508 e. The molecule has 4 nitrogen and oxygen atoms in total. The SMILES string of the molecule is CCC(Oc1ccc(-c2ccc(O)cc2)c2ccccc12)C(=O)N(C)C. The van der Waals surface area contributed by atoms with E-state index in [1.807, 2.05) is 55.5 Å². The number of nitrogens with zero attached hydrogens (tertiary/aromatic N) is 1. The highest BCUT2D eigenvalue weighted by Gasteiger charge is 2.21. The van der Waals surface area contributed by atoms with E-state index in [1.54, 1.807) is 31.1 Å². The Morgan fingerprint density at radius 3 is 2.27 bits per heavy atom. The Morgan fingerprint density at radius 1 is 1.00 bits per heavy atom. The number of benzene rings is 3. The fourth-order valence-electron chi connectivity index (χ4n) is 3.02. The van der Waals surface area contributed by atoms with Gasteiger partial charge in [0, 0.05) is 19.5 Å². The molecule has 134 valence electrons. The molecule has 0 heterocycles. The van der Waals surface area contributed by atoms with Crippen molar-refractivity contribution in [1.82, 2.24) is 4.90 Å². The van der Waals surface area contributed by atoms with Gasteiger partial charge < -0.3 is 14.7 Å². The van der Waals surface area contributed by atoms with Gasteiger partial charge in [-0.1, -0.05) is 49.4 Å². The van der Waals surface area contributed by atoms with Crippen molar-refractivity contribution in [2.45, 2.75) is 19.4 Å². The topological polar surface area (TPSA) is 49.8 Å². The van der Waals surface area contributed by atoms with Gasteiger partial charge in [0.05, 0.1) is 0 Å². The highest BCUT2D eigenvalue weighted by molar-refractivity contribution is 6.00. The minimum atomic E-state index is -0.507. The molecule has 1 atom stereocenters.